The van der Waals surface area contributed by atoms with E-state index in [4.69, 9.17) is 0 Å². The summed E-state index contributed by atoms with van der Waals surface area (Å²) in [6.45, 7) is 3.16. The Balaban J connectivity index is 1.41. The van der Waals surface area contributed by atoms with Crippen LogP contribution in [0.1, 0.15) is 19.3 Å². The zero-order valence-corrected chi connectivity index (χ0v) is 13.2. The van der Waals surface area contributed by atoms with Crippen molar-refractivity contribution in [1.82, 2.24) is 19.9 Å². The van der Waals surface area contributed by atoms with Gasteiger partial charge in [-0.25, -0.2) is 15.0 Å². The zero-order chi connectivity index (χ0) is 15.5. The minimum absolute atomic E-state index is 0.680. The molecular weight excluding hydrogens is 288 g/mol. The van der Waals surface area contributed by atoms with Gasteiger partial charge >= 0.3 is 0 Å². The van der Waals surface area contributed by atoms with Crippen LogP contribution in [0.5, 0.6) is 0 Å². The molecule has 0 bridgehead atoms. The second-order valence-corrected chi connectivity index (χ2v) is 6.54. The first-order valence-electron chi connectivity index (χ1n) is 8.42. The molecule has 2 aliphatic rings. The molecule has 4 rings (SSSR count). The monoisotopic (exact) mass is 310 g/mol. The third-order valence-electron chi connectivity index (χ3n) is 5.21. The first-order chi connectivity index (χ1) is 11.4. The lowest BCUT2D eigenvalue weighted by molar-refractivity contribution is 0.209. The second-order valence-electron chi connectivity index (χ2n) is 6.54. The normalized spacial score (nSPS) is 26.8. The Kier molecular flexibility index (Phi) is 4.05. The second kappa shape index (κ2) is 6.48. The molecule has 0 amide bonds. The molecule has 0 radical (unpaired) electrons. The molecule has 1 saturated carbocycles. The summed E-state index contributed by atoms with van der Waals surface area (Å²) in [5.41, 5.74) is 0. The quantitative estimate of drug-likeness (QED) is 0.934. The van der Waals surface area contributed by atoms with Gasteiger partial charge in [0.1, 0.15) is 5.82 Å². The zero-order valence-electron chi connectivity index (χ0n) is 13.2. The number of nitrogens with one attached hydrogen (secondary N) is 1. The van der Waals surface area contributed by atoms with E-state index in [1.54, 1.807) is 24.8 Å². The first-order valence-corrected chi connectivity index (χ1v) is 8.42. The molecule has 2 fully saturated rings. The molecular formula is C17H22N6. The van der Waals surface area contributed by atoms with Gasteiger partial charge in [0.05, 0.1) is 6.20 Å². The van der Waals surface area contributed by atoms with E-state index in [0.29, 0.717) is 5.92 Å². The van der Waals surface area contributed by atoms with Crippen LogP contribution in [-0.2, 0) is 0 Å². The van der Waals surface area contributed by atoms with E-state index in [2.05, 4.69) is 30.2 Å². The number of hydrogen-bond acceptors (Lipinski definition) is 6. The van der Waals surface area contributed by atoms with Crippen LogP contribution in [-0.4, -0.2) is 39.6 Å². The Morgan fingerprint density at radius 1 is 1.04 bits per heavy atom. The lowest BCUT2D eigenvalue weighted by Crippen LogP contribution is -2.32. The van der Waals surface area contributed by atoms with Gasteiger partial charge in [0.25, 0.3) is 0 Å². The van der Waals surface area contributed by atoms with Crippen LogP contribution in [0, 0.1) is 17.8 Å². The summed E-state index contributed by atoms with van der Waals surface area (Å²) in [6, 6.07) is 1.84. The molecule has 6 nitrogen and oxygen atoms in total. The summed E-state index contributed by atoms with van der Waals surface area (Å²) in [4.78, 5) is 19.6. The predicted octanol–water partition coefficient (Wildman–Crippen LogP) is 2.23. The standard InChI is InChI=1S/C17H22N6/c1-3-13(9-22-17-20-5-2-6-21-17)15-12-23(11-14(15)4-1)16-10-18-7-8-19-16/h2,5-8,10,13-15H,1,3-4,9,11-12H2,(H,20,21,22)/t13-,14+,15+/m1/s1. The summed E-state index contributed by atoms with van der Waals surface area (Å²) < 4.78 is 0. The summed E-state index contributed by atoms with van der Waals surface area (Å²) in [5.74, 6) is 3.92. The van der Waals surface area contributed by atoms with Gasteiger partial charge in [0.15, 0.2) is 0 Å². The maximum Gasteiger partial charge on any atom is 0.222 e. The Morgan fingerprint density at radius 3 is 2.78 bits per heavy atom. The molecule has 1 N–H and O–H groups in total. The van der Waals surface area contributed by atoms with Gasteiger partial charge in [-0.15, -0.1) is 0 Å². The molecule has 3 atom stereocenters. The molecule has 6 heteroatoms. The SMILES string of the molecule is c1cnc(NC[C@H]2CCC[C@H]3CN(c4cnccn4)C[C@@H]23)nc1. The Hall–Kier alpha value is -2.24. The number of nitrogens with zero attached hydrogens (tertiary/aromatic N) is 5. The highest BCUT2D eigenvalue weighted by Gasteiger charge is 2.40. The van der Waals surface area contributed by atoms with E-state index in [1.165, 1.54) is 19.3 Å². The van der Waals surface area contributed by atoms with Gasteiger partial charge in [-0.2, -0.15) is 0 Å². The van der Waals surface area contributed by atoms with Crippen molar-refractivity contribution in [3.05, 3.63) is 37.1 Å². The molecule has 0 unspecified atom stereocenters. The lowest BCUT2D eigenvalue weighted by atomic mass is 9.74. The third kappa shape index (κ3) is 3.11. The van der Waals surface area contributed by atoms with Crippen LogP contribution >= 0.6 is 0 Å². The number of fused-ring (bicyclic) bond motifs is 1. The van der Waals surface area contributed by atoms with Crippen molar-refractivity contribution in [2.45, 2.75) is 19.3 Å². The first kappa shape index (κ1) is 14.4. The largest absolute Gasteiger partial charge is 0.355 e. The van der Waals surface area contributed by atoms with Gasteiger partial charge in [-0.3, -0.25) is 4.98 Å². The van der Waals surface area contributed by atoms with Crippen molar-refractivity contribution < 1.29 is 0 Å². The summed E-state index contributed by atoms with van der Waals surface area (Å²) in [5, 5.41) is 3.41. The molecule has 1 aliphatic heterocycles. The van der Waals surface area contributed by atoms with E-state index < -0.39 is 0 Å². The van der Waals surface area contributed by atoms with Gasteiger partial charge in [0.2, 0.25) is 5.95 Å². The van der Waals surface area contributed by atoms with Crippen molar-refractivity contribution in [3.63, 3.8) is 0 Å². The van der Waals surface area contributed by atoms with Crippen molar-refractivity contribution in [2.75, 3.05) is 29.9 Å². The van der Waals surface area contributed by atoms with Gasteiger partial charge in [0, 0.05) is 44.4 Å². The van der Waals surface area contributed by atoms with Crippen molar-refractivity contribution in [3.8, 4) is 0 Å². The number of anilines is 2. The van der Waals surface area contributed by atoms with Crippen LogP contribution in [0.3, 0.4) is 0 Å². The van der Waals surface area contributed by atoms with Crippen LogP contribution in [0.4, 0.5) is 11.8 Å². The van der Waals surface area contributed by atoms with E-state index >= 15 is 0 Å². The highest BCUT2D eigenvalue weighted by Crippen LogP contribution is 2.41. The summed E-state index contributed by atoms with van der Waals surface area (Å²) >= 11 is 0. The molecule has 2 aromatic rings. The number of hydrogen-bond donors (Lipinski definition) is 1. The Morgan fingerprint density at radius 2 is 1.96 bits per heavy atom. The number of aromatic nitrogens is 4. The minimum atomic E-state index is 0.680. The molecule has 1 aliphatic carbocycles. The van der Waals surface area contributed by atoms with Crippen molar-refractivity contribution in [1.29, 1.82) is 0 Å². The van der Waals surface area contributed by atoms with Gasteiger partial charge < -0.3 is 10.2 Å². The van der Waals surface area contributed by atoms with Gasteiger partial charge in [-0.05, 0) is 36.7 Å². The molecule has 0 aromatic carbocycles. The molecule has 23 heavy (non-hydrogen) atoms. The highest BCUT2D eigenvalue weighted by molar-refractivity contribution is 5.37. The third-order valence-corrected chi connectivity index (χ3v) is 5.21. The van der Waals surface area contributed by atoms with Crippen molar-refractivity contribution in [2.24, 2.45) is 17.8 Å². The maximum atomic E-state index is 4.47. The summed E-state index contributed by atoms with van der Waals surface area (Å²) in [6.07, 6.45) is 12.9. The fourth-order valence-corrected chi connectivity index (χ4v) is 4.10. The molecule has 2 aromatic heterocycles. The topological polar surface area (TPSA) is 66.8 Å². The van der Waals surface area contributed by atoms with E-state index in [0.717, 1.165) is 43.2 Å². The lowest BCUT2D eigenvalue weighted by Gasteiger charge is -2.32. The fourth-order valence-electron chi connectivity index (χ4n) is 4.10. The molecule has 1 saturated heterocycles. The summed E-state index contributed by atoms with van der Waals surface area (Å²) in [7, 11) is 0. The van der Waals surface area contributed by atoms with Crippen LogP contribution in [0.15, 0.2) is 37.1 Å². The fraction of sp³-hybridized carbons (Fsp3) is 0.529. The number of rotatable bonds is 4. The molecule has 120 valence electrons. The minimum Gasteiger partial charge on any atom is -0.355 e. The molecule has 0 spiro atoms. The highest BCUT2D eigenvalue weighted by atomic mass is 15.2. The van der Waals surface area contributed by atoms with E-state index in [9.17, 15) is 0 Å². The molecule has 3 heterocycles. The van der Waals surface area contributed by atoms with Crippen LogP contribution < -0.4 is 10.2 Å². The predicted molar refractivity (Wildman–Crippen MR) is 89.1 cm³/mol. The van der Waals surface area contributed by atoms with Crippen LogP contribution in [0.2, 0.25) is 0 Å². The maximum absolute atomic E-state index is 4.47. The average molecular weight is 310 g/mol. The Labute approximate surface area is 136 Å². The average Bonchev–Trinajstić information content (AvgIpc) is 3.06. The van der Waals surface area contributed by atoms with E-state index in [-0.39, 0.29) is 0 Å². The van der Waals surface area contributed by atoms with Crippen LogP contribution in [0.25, 0.3) is 0 Å². The van der Waals surface area contributed by atoms with E-state index in [1.807, 2.05) is 12.3 Å². The van der Waals surface area contributed by atoms with Gasteiger partial charge in [-0.1, -0.05) is 6.42 Å². The van der Waals surface area contributed by atoms with Crippen molar-refractivity contribution >= 4 is 11.8 Å². The smallest absolute Gasteiger partial charge is 0.222 e. The Bertz CT molecular complexity index is 619.